The number of carbonyl (C=O) groups excluding carboxylic acids is 2. The van der Waals surface area contributed by atoms with E-state index in [-0.39, 0.29) is 23.4 Å². The predicted molar refractivity (Wildman–Crippen MR) is 106 cm³/mol. The number of rotatable bonds is 4. The number of nitrogens with one attached hydrogen (secondary N) is 2. The van der Waals surface area contributed by atoms with Crippen LogP contribution in [-0.4, -0.2) is 34.8 Å². The predicted octanol–water partition coefficient (Wildman–Crippen LogP) is 3.54. The second kappa shape index (κ2) is 7.06. The highest BCUT2D eigenvalue weighted by Crippen LogP contribution is 2.25. The van der Waals surface area contributed by atoms with E-state index >= 15 is 0 Å². The third-order valence-electron chi connectivity index (χ3n) is 4.47. The lowest BCUT2D eigenvalue weighted by Gasteiger charge is -2.23. The summed E-state index contributed by atoms with van der Waals surface area (Å²) in [5.74, 6) is -0.00166. The molecule has 2 aromatic rings. The SMILES string of the molecule is CC(C)c1cc(C(=O)Nc2cccc(N3CCNC3=O)c2)nn1C(C)(C)C. The molecule has 1 aliphatic rings. The second-order valence-corrected chi connectivity index (χ2v) is 8.08. The van der Waals surface area contributed by atoms with Crippen LogP contribution >= 0.6 is 0 Å². The zero-order valence-corrected chi connectivity index (χ0v) is 16.5. The molecule has 0 saturated carbocycles. The highest BCUT2D eigenvalue weighted by molar-refractivity contribution is 6.03. The Labute approximate surface area is 159 Å². The van der Waals surface area contributed by atoms with Crippen LogP contribution in [0.2, 0.25) is 0 Å². The van der Waals surface area contributed by atoms with E-state index in [2.05, 4.69) is 50.4 Å². The van der Waals surface area contributed by atoms with E-state index in [9.17, 15) is 9.59 Å². The van der Waals surface area contributed by atoms with E-state index in [1.165, 1.54) is 0 Å². The molecule has 7 nitrogen and oxygen atoms in total. The van der Waals surface area contributed by atoms with E-state index in [4.69, 9.17) is 0 Å². The Morgan fingerprint density at radius 2 is 2.00 bits per heavy atom. The van der Waals surface area contributed by atoms with Crippen molar-refractivity contribution >= 4 is 23.3 Å². The van der Waals surface area contributed by atoms with Gasteiger partial charge in [0.2, 0.25) is 0 Å². The molecule has 27 heavy (non-hydrogen) atoms. The van der Waals surface area contributed by atoms with E-state index in [1.54, 1.807) is 17.0 Å². The first-order chi connectivity index (χ1) is 12.7. The summed E-state index contributed by atoms with van der Waals surface area (Å²) < 4.78 is 1.91. The van der Waals surface area contributed by atoms with Gasteiger partial charge in [0.25, 0.3) is 5.91 Å². The third kappa shape index (κ3) is 3.97. The molecule has 3 rings (SSSR count). The Morgan fingerprint density at radius 3 is 2.56 bits per heavy atom. The second-order valence-electron chi connectivity index (χ2n) is 8.08. The summed E-state index contributed by atoms with van der Waals surface area (Å²) in [6, 6.07) is 9.01. The minimum atomic E-state index is -0.261. The number of urea groups is 1. The van der Waals surface area contributed by atoms with Crippen molar-refractivity contribution in [3.05, 3.63) is 41.7 Å². The molecule has 3 amide bonds. The molecule has 2 N–H and O–H groups in total. The lowest BCUT2D eigenvalue weighted by Crippen LogP contribution is -2.27. The Morgan fingerprint density at radius 1 is 1.26 bits per heavy atom. The van der Waals surface area contributed by atoms with Gasteiger partial charge in [0.1, 0.15) is 0 Å². The number of benzene rings is 1. The molecule has 0 bridgehead atoms. The molecular weight excluding hydrogens is 342 g/mol. The summed E-state index contributed by atoms with van der Waals surface area (Å²) in [6.45, 7) is 11.6. The summed E-state index contributed by atoms with van der Waals surface area (Å²) in [4.78, 5) is 26.2. The van der Waals surface area contributed by atoms with Crippen LogP contribution in [0.15, 0.2) is 30.3 Å². The number of hydrogen-bond acceptors (Lipinski definition) is 3. The van der Waals surface area contributed by atoms with Gasteiger partial charge in [-0.3, -0.25) is 14.4 Å². The van der Waals surface area contributed by atoms with Gasteiger partial charge in [-0.1, -0.05) is 19.9 Å². The average molecular weight is 369 g/mol. The molecule has 0 aliphatic carbocycles. The van der Waals surface area contributed by atoms with Crippen LogP contribution < -0.4 is 15.5 Å². The van der Waals surface area contributed by atoms with Crippen molar-refractivity contribution < 1.29 is 9.59 Å². The number of hydrogen-bond donors (Lipinski definition) is 2. The highest BCUT2D eigenvalue weighted by atomic mass is 16.2. The van der Waals surface area contributed by atoms with Crippen LogP contribution in [0.5, 0.6) is 0 Å². The van der Waals surface area contributed by atoms with Crippen molar-refractivity contribution in [1.29, 1.82) is 0 Å². The molecule has 1 aromatic heterocycles. The molecule has 1 fully saturated rings. The molecule has 1 aliphatic heterocycles. The number of nitrogens with zero attached hydrogens (tertiary/aromatic N) is 3. The number of carbonyl (C=O) groups is 2. The molecule has 0 spiro atoms. The molecule has 1 aromatic carbocycles. The fourth-order valence-electron chi connectivity index (χ4n) is 3.12. The normalized spacial score (nSPS) is 14.6. The first-order valence-corrected chi connectivity index (χ1v) is 9.24. The van der Waals surface area contributed by atoms with Gasteiger partial charge < -0.3 is 10.6 Å². The molecule has 0 atom stereocenters. The molecule has 1 saturated heterocycles. The molecule has 7 heteroatoms. The minimum absolute atomic E-state index is 0.121. The highest BCUT2D eigenvalue weighted by Gasteiger charge is 2.24. The minimum Gasteiger partial charge on any atom is -0.336 e. The van der Waals surface area contributed by atoms with Gasteiger partial charge in [-0.15, -0.1) is 0 Å². The van der Waals surface area contributed by atoms with E-state index < -0.39 is 0 Å². The van der Waals surface area contributed by atoms with E-state index in [0.717, 1.165) is 11.4 Å². The quantitative estimate of drug-likeness (QED) is 0.865. The smallest absolute Gasteiger partial charge is 0.321 e. The van der Waals surface area contributed by atoms with Gasteiger partial charge in [-0.25, -0.2) is 4.79 Å². The van der Waals surface area contributed by atoms with Crippen molar-refractivity contribution in [3.8, 4) is 0 Å². The topological polar surface area (TPSA) is 79.3 Å². The first kappa shape index (κ1) is 18.9. The Hall–Kier alpha value is -2.83. The fourth-order valence-corrected chi connectivity index (χ4v) is 3.12. The number of aromatic nitrogens is 2. The number of amides is 3. The summed E-state index contributed by atoms with van der Waals surface area (Å²) in [6.07, 6.45) is 0. The third-order valence-corrected chi connectivity index (χ3v) is 4.47. The van der Waals surface area contributed by atoms with E-state index in [1.807, 2.05) is 22.9 Å². The van der Waals surface area contributed by atoms with Crippen LogP contribution in [0.1, 0.15) is 56.7 Å². The molecule has 0 unspecified atom stereocenters. The van der Waals surface area contributed by atoms with E-state index in [0.29, 0.717) is 24.5 Å². The number of anilines is 2. The first-order valence-electron chi connectivity index (χ1n) is 9.24. The van der Waals surface area contributed by atoms with Gasteiger partial charge in [-0.05, 0) is 51.0 Å². The largest absolute Gasteiger partial charge is 0.336 e. The van der Waals surface area contributed by atoms with Crippen molar-refractivity contribution in [2.75, 3.05) is 23.3 Å². The maximum atomic E-state index is 12.7. The maximum Gasteiger partial charge on any atom is 0.321 e. The lowest BCUT2D eigenvalue weighted by atomic mass is 10.1. The Bertz CT molecular complexity index is 863. The van der Waals surface area contributed by atoms with Crippen LogP contribution in [0.25, 0.3) is 0 Å². The Kier molecular flexibility index (Phi) is 4.95. The molecule has 2 heterocycles. The maximum absolute atomic E-state index is 12.7. The van der Waals surface area contributed by atoms with Gasteiger partial charge in [0.05, 0.1) is 5.54 Å². The van der Waals surface area contributed by atoms with Crippen molar-refractivity contribution in [2.45, 2.75) is 46.1 Å². The van der Waals surface area contributed by atoms with Crippen molar-refractivity contribution in [1.82, 2.24) is 15.1 Å². The van der Waals surface area contributed by atoms with Crippen LogP contribution in [0, 0.1) is 0 Å². The van der Waals surface area contributed by atoms with Gasteiger partial charge >= 0.3 is 6.03 Å². The van der Waals surface area contributed by atoms with Gasteiger partial charge in [0.15, 0.2) is 5.69 Å². The van der Waals surface area contributed by atoms with Crippen molar-refractivity contribution in [2.24, 2.45) is 0 Å². The summed E-state index contributed by atoms with van der Waals surface area (Å²) in [5, 5.41) is 10.2. The zero-order chi connectivity index (χ0) is 19.8. The average Bonchev–Trinajstić information content (AvgIpc) is 3.21. The summed E-state index contributed by atoms with van der Waals surface area (Å²) in [5.41, 5.74) is 2.59. The van der Waals surface area contributed by atoms with Crippen LogP contribution in [0.4, 0.5) is 16.2 Å². The standard InChI is InChI=1S/C20H27N5O2/c1-13(2)17-12-16(23-25(17)20(3,4)5)18(26)22-14-7-6-8-15(11-14)24-10-9-21-19(24)27/h6-8,11-13H,9-10H2,1-5H3,(H,21,27)(H,22,26). The lowest BCUT2D eigenvalue weighted by molar-refractivity contribution is 0.102. The van der Waals surface area contributed by atoms with Crippen LogP contribution in [0.3, 0.4) is 0 Å². The van der Waals surface area contributed by atoms with Gasteiger partial charge in [0, 0.05) is 30.2 Å². The zero-order valence-electron chi connectivity index (χ0n) is 16.5. The molecule has 144 valence electrons. The summed E-state index contributed by atoms with van der Waals surface area (Å²) >= 11 is 0. The summed E-state index contributed by atoms with van der Waals surface area (Å²) in [7, 11) is 0. The molecular formula is C20H27N5O2. The molecule has 0 radical (unpaired) electrons. The van der Waals surface area contributed by atoms with Gasteiger partial charge in [-0.2, -0.15) is 5.10 Å². The monoisotopic (exact) mass is 369 g/mol. The fraction of sp³-hybridized carbons (Fsp3) is 0.450. The Balaban J connectivity index is 1.83. The van der Waals surface area contributed by atoms with Crippen molar-refractivity contribution in [3.63, 3.8) is 0 Å². The van der Waals surface area contributed by atoms with Crippen LogP contribution in [-0.2, 0) is 5.54 Å².